The van der Waals surface area contributed by atoms with Crippen molar-refractivity contribution >= 4 is 11.6 Å². The van der Waals surface area contributed by atoms with E-state index >= 15 is 0 Å². The minimum atomic E-state index is -1.08. The predicted molar refractivity (Wildman–Crippen MR) is 69.7 cm³/mol. The minimum Gasteiger partial charge on any atom is -0.476 e. The molecule has 0 fully saturated rings. The van der Waals surface area contributed by atoms with Gasteiger partial charge in [0.2, 0.25) is 5.88 Å². The molecule has 0 aliphatic rings. The third-order valence-electron chi connectivity index (χ3n) is 2.48. The lowest BCUT2D eigenvalue weighted by Gasteiger charge is -2.10. The van der Waals surface area contributed by atoms with Crippen molar-refractivity contribution in [2.24, 2.45) is 0 Å². The van der Waals surface area contributed by atoms with Crippen LogP contribution in [0.3, 0.4) is 0 Å². The van der Waals surface area contributed by atoms with Gasteiger partial charge in [-0.15, -0.1) is 0 Å². The second-order valence-electron chi connectivity index (χ2n) is 3.87. The smallest absolute Gasteiger partial charge is 0.255 e. The molecule has 20 heavy (non-hydrogen) atoms. The van der Waals surface area contributed by atoms with Crippen LogP contribution in [0, 0.1) is 11.6 Å². The molecule has 0 aliphatic carbocycles. The quantitative estimate of drug-likeness (QED) is 0.935. The summed E-state index contributed by atoms with van der Waals surface area (Å²) in [6.45, 7) is 2.18. The molecule has 4 nitrogen and oxygen atoms in total. The number of nitrogens with zero attached hydrogens (tertiary/aromatic N) is 1. The Balaban J connectivity index is 2.21. The summed E-state index contributed by atoms with van der Waals surface area (Å²) in [6, 6.07) is 6.17. The largest absolute Gasteiger partial charge is 0.476 e. The van der Waals surface area contributed by atoms with Crippen LogP contribution in [0.5, 0.6) is 5.88 Å². The number of anilines is 1. The Hall–Kier alpha value is -2.50. The van der Waals surface area contributed by atoms with Crippen LogP contribution in [0.25, 0.3) is 0 Å². The minimum absolute atomic E-state index is 0.00945. The molecule has 1 N–H and O–H groups in total. The lowest BCUT2D eigenvalue weighted by Crippen LogP contribution is -2.14. The summed E-state index contributed by atoms with van der Waals surface area (Å²) in [6.07, 6.45) is 1.53. The molecule has 1 aromatic heterocycles. The summed E-state index contributed by atoms with van der Waals surface area (Å²) in [4.78, 5) is 15.9. The Morgan fingerprint density at radius 3 is 2.80 bits per heavy atom. The maximum absolute atomic E-state index is 13.1. The van der Waals surface area contributed by atoms with E-state index in [4.69, 9.17) is 4.74 Å². The van der Waals surface area contributed by atoms with Crippen molar-refractivity contribution < 1.29 is 18.3 Å². The van der Waals surface area contributed by atoms with Crippen LogP contribution in [0.4, 0.5) is 14.5 Å². The second-order valence-corrected chi connectivity index (χ2v) is 3.87. The van der Waals surface area contributed by atoms with E-state index in [2.05, 4.69) is 10.3 Å². The third kappa shape index (κ3) is 3.09. The van der Waals surface area contributed by atoms with Crippen LogP contribution < -0.4 is 10.1 Å². The molecule has 0 saturated heterocycles. The fourth-order valence-corrected chi connectivity index (χ4v) is 1.57. The van der Waals surface area contributed by atoms with Crippen molar-refractivity contribution in [1.29, 1.82) is 0 Å². The number of benzene rings is 1. The first kappa shape index (κ1) is 13.9. The van der Waals surface area contributed by atoms with Gasteiger partial charge in [-0.05, 0) is 37.3 Å². The highest BCUT2D eigenvalue weighted by Gasteiger charge is 2.12. The lowest BCUT2D eigenvalue weighted by molar-refractivity contribution is 0.102. The molecule has 0 radical (unpaired) electrons. The number of pyridine rings is 1. The topological polar surface area (TPSA) is 51.2 Å². The molecular weight excluding hydrogens is 266 g/mol. The van der Waals surface area contributed by atoms with Crippen molar-refractivity contribution in [2.45, 2.75) is 6.92 Å². The number of amides is 1. The van der Waals surface area contributed by atoms with Gasteiger partial charge in [-0.2, -0.15) is 0 Å². The Labute approximate surface area is 114 Å². The number of nitrogens with one attached hydrogen (secondary N) is 1. The van der Waals surface area contributed by atoms with Crippen molar-refractivity contribution in [2.75, 3.05) is 11.9 Å². The Morgan fingerprint density at radius 2 is 2.10 bits per heavy atom. The van der Waals surface area contributed by atoms with Crippen LogP contribution in [-0.2, 0) is 0 Å². The molecule has 1 heterocycles. The first-order chi connectivity index (χ1) is 9.61. The first-order valence-electron chi connectivity index (χ1n) is 5.96. The summed E-state index contributed by atoms with van der Waals surface area (Å²) < 4.78 is 31.2. The van der Waals surface area contributed by atoms with Gasteiger partial charge in [-0.1, -0.05) is 0 Å². The average molecular weight is 278 g/mol. The third-order valence-corrected chi connectivity index (χ3v) is 2.48. The Kier molecular flexibility index (Phi) is 4.24. The van der Waals surface area contributed by atoms with Crippen LogP contribution in [0.2, 0.25) is 0 Å². The molecule has 0 unspecified atom stereocenters. The highest BCUT2D eigenvalue weighted by atomic mass is 19.2. The molecule has 6 heteroatoms. The van der Waals surface area contributed by atoms with Gasteiger partial charge in [0.15, 0.2) is 11.6 Å². The predicted octanol–water partition coefficient (Wildman–Crippen LogP) is 3.01. The first-order valence-corrected chi connectivity index (χ1v) is 5.96. The van der Waals surface area contributed by atoms with Crippen LogP contribution in [0.15, 0.2) is 36.5 Å². The molecule has 2 rings (SSSR count). The summed E-state index contributed by atoms with van der Waals surface area (Å²) in [5.74, 6) is -2.38. The van der Waals surface area contributed by atoms with Gasteiger partial charge in [0.25, 0.3) is 5.91 Å². The fraction of sp³-hybridized carbons (Fsp3) is 0.143. The van der Waals surface area contributed by atoms with Gasteiger partial charge in [0.1, 0.15) is 5.69 Å². The molecule has 1 aromatic carbocycles. The molecule has 0 saturated carbocycles. The standard InChI is InChI=1S/C14H12F2N2O2/c1-2-20-14-12(4-3-7-17-14)18-13(19)9-5-6-10(15)11(16)8-9/h3-8H,2H2,1H3,(H,18,19). The number of hydrogen-bond acceptors (Lipinski definition) is 3. The Morgan fingerprint density at radius 1 is 1.30 bits per heavy atom. The molecular formula is C14H12F2N2O2. The molecule has 0 aliphatic heterocycles. The van der Waals surface area contributed by atoms with E-state index in [1.807, 2.05) is 0 Å². The van der Waals surface area contributed by atoms with Crippen molar-refractivity contribution in [3.63, 3.8) is 0 Å². The molecule has 0 spiro atoms. The molecule has 2 aromatic rings. The van der Waals surface area contributed by atoms with Gasteiger partial charge >= 0.3 is 0 Å². The lowest BCUT2D eigenvalue weighted by atomic mass is 10.2. The van der Waals surface area contributed by atoms with Crippen LogP contribution in [0.1, 0.15) is 17.3 Å². The molecule has 104 valence electrons. The highest BCUT2D eigenvalue weighted by molar-refractivity contribution is 6.04. The zero-order valence-electron chi connectivity index (χ0n) is 10.7. The highest BCUT2D eigenvalue weighted by Crippen LogP contribution is 2.21. The SMILES string of the molecule is CCOc1ncccc1NC(=O)c1ccc(F)c(F)c1. The second kappa shape index (κ2) is 6.10. The summed E-state index contributed by atoms with van der Waals surface area (Å²) in [7, 11) is 0. The monoisotopic (exact) mass is 278 g/mol. The molecule has 1 amide bonds. The number of ether oxygens (including phenoxy) is 1. The zero-order chi connectivity index (χ0) is 14.5. The van der Waals surface area contributed by atoms with E-state index in [1.165, 1.54) is 12.3 Å². The number of halogens is 2. The van der Waals surface area contributed by atoms with Crippen molar-refractivity contribution in [3.05, 3.63) is 53.7 Å². The number of carbonyl (C=O) groups is 1. The van der Waals surface area contributed by atoms with Gasteiger partial charge < -0.3 is 10.1 Å². The van der Waals surface area contributed by atoms with Gasteiger partial charge in [0, 0.05) is 11.8 Å². The van der Waals surface area contributed by atoms with Crippen molar-refractivity contribution in [1.82, 2.24) is 4.98 Å². The normalized spacial score (nSPS) is 10.2. The maximum Gasteiger partial charge on any atom is 0.255 e. The summed E-state index contributed by atoms with van der Waals surface area (Å²) in [5.41, 5.74) is 0.374. The number of hydrogen-bond donors (Lipinski definition) is 1. The van der Waals surface area contributed by atoms with E-state index in [-0.39, 0.29) is 11.4 Å². The van der Waals surface area contributed by atoms with Crippen LogP contribution >= 0.6 is 0 Å². The fourth-order valence-electron chi connectivity index (χ4n) is 1.57. The van der Waals surface area contributed by atoms with E-state index in [0.29, 0.717) is 12.3 Å². The number of aromatic nitrogens is 1. The van der Waals surface area contributed by atoms with Gasteiger partial charge in [-0.3, -0.25) is 4.79 Å². The summed E-state index contributed by atoms with van der Waals surface area (Å²) >= 11 is 0. The van der Waals surface area contributed by atoms with Crippen LogP contribution in [-0.4, -0.2) is 17.5 Å². The van der Waals surface area contributed by atoms with Gasteiger partial charge in [0.05, 0.1) is 6.61 Å². The number of carbonyl (C=O) groups excluding carboxylic acids is 1. The van der Waals surface area contributed by atoms with Crippen molar-refractivity contribution in [3.8, 4) is 5.88 Å². The summed E-state index contributed by atoms with van der Waals surface area (Å²) in [5, 5.41) is 2.54. The number of rotatable bonds is 4. The average Bonchev–Trinajstić information content (AvgIpc) is 2.44. The maximum atomic E-state index is 13.1. The Bertz CT molecular complexity index is 632. The zero-order valence-corrected chi connectivity index (χ0v) is 10.7. The molecule has 0 atom stereocenters. The van der Waals surface area contributed by atoms with E-state index in [0.717, 1.165) is 12.1 Å². The van der Waals surface area contributed by atoms with E-state index in [1.54, 1.807) is 19.1 Å². The molecule has 0 bridgehead atoms. The van der Waals surface area contributed by atoms with E-state index < -0.39 is 17.5 Å². The van der Waals surface area contributed by atoms with E-state index in [9.17, 15) is 13.6 Å². The van der Waals surface area contributed by atoms with Gasteiger partial charge in [-0.25, -0.2) is 13.8 Å².